The predicted octanol–water partition coefficient (Wildman–Crippen LogP) is 4.25. The summed E-state index contributed by atoms with van der Waals surface area (Å²) in [6, 6.07) is 11.9. The lowest BCUT2D eigenvalue weighted by atomic mass is 9.69. The molecule has 236 valence electrons. The summed E-state index contributed by atoms with van der Waals surface area (Å²) in [5.41, 5.74) is 4.80. The number of aliphatic carboxylic acids is 1. The molecule has 2 fully saturated rings. The number of hydrogen-bond donors (Lipinski definition) is 2. The number of pyridine rings is 1. The van der Waals surface area contributed by atoms with Crippen molar-refractivity contribution in [1.82, 2.24) is 29.6 Å². The minimum absolute atomic E-state index is 0.0631. The number of aryl methyl sites for hydroxylation is 3. The van der Waals surface area contributed by atoms with Crippen molar-refractivity contribution in [1.29, 1.82) is 0 Å². The maximum Gasteiger partial charge on any atom is 0.310 e. The normalized spacial score (nSPS) is 19.8. The van der Waals surface area contributed by atoms with Crippen LogP contribution < -0.4 is 10.1 Å². The van der Waals surface area contributed by atoms with E-state index in [2.05, 4.69) is 20.6 Å². The van der Waals surface area contributed by atoms with Gasteiger partial charge in [0.25, 0.3) is 0 Å². The van der Waals surface area contributed by atoms with Gasteiger partial charge in [-0.15, -0.1) is 5.10 Å². The van der Waals surface area contributed by atoms with Crippen LogP contribution in [0.15, 0.2) is 47.5 Å². The van der Waals surface area contributed by atoms with Crippen LogP contribution in [0.5, 0.6) is 5.88 Å². The Morgan fingerprint density at radius 2 is 1.91 bits per heavy atom. The van der Waals surface area contributed by atoms with Crippen molar-refractivity contribution in [2.24, 2.45) is 5.41 Å². The number of ether oxygens (including phenoxy) is 1. The molecule has 1 saturated carbocycles. The van der Waals surface area contributed by atoms with Gasteiger partial charge in [0.15, 0.2) is 0 Å². The smallest absolute Gasteiger partial charge is 0.310 e. The molecule has 0 radical (unpaired) electrons. The molecule has 7 rings (SSSR count). The maximum atomic E-state index is 14.1. The summed E-state index contributed by atoms with van der Waals surface area (Å²) in [5.74, 6) is -1.34. The first-order chi connectivity index (χ1) is 21.3. The standard InChI is InChI=1S/C33H38N6O5S/c1-19-12-27-30(35-14-19)44-33(16-34-17-33)18-38(45(27,42)43)15-23-13-22(7-6-20(23)2)28(32(4,5)31(40)41)25-10-11-26-29(21(25)3)36-37-39(26)24-8-9-24/h6-7,10-14,24,28,34H,8-9,15-18H2,1-5H3,(H,40,41)/t28-/m0/s1. The van der Waals surface area contributed by atoms with E-state index in [0.717, 1.165) is 57.3 Å². The summed E-state index contributed by atoms with van der Waals surface area (Å²) >= 11 is 0. The summed E-state index contributed by atoms with van der Waals surface area (Å²) in [4.78, 5) is 17.2. The second kappa shape index (κ2) is 10.3. The average molecular weight is 631 g/mol. The Morgan fingerprint density at radius 1 is 1.16 bits per heavy atom. The molecule has 0 amide bonds. The summed E-state index contributed by atoms with van der Waals surface area (Å²) in [5, 5.41) is 22.6. The van der Waals surface area contributed by atoms with E-state index in [9.17, 15) is 18.3 Å². The van der Waals surface area contributed by atoms with Crippen LogP contribution >= 0.6 is 0 Å². The van der Waals surface area contributed by atoms with Gasteiger partial charge in [-0.3, -0.25) is 4.79 Å². The van der Waals surface area contributed by atoms with Gasteiger partial charge in [-0.05, 0) is 93.0 Å². The number of nitrogens with zero attached hydrogens (tertiary/aromatic N) is 5. The first-order valence-corrected chi connectivity index (χ1v) is 16.8. The van der Waals surface area contributed by atoms with Crippen LogP contribution in [0.2, 0.25) is 0 Å². The largest absolute Gasteiger partial charge is 0.481 e. The molecule has 0 bridgehead atoms. The van der Waals surface area contributed by atoms with Crippen molar-refractivity contribution in [2.75, 3.05) is 19.6 Å². The van der Waals surface area contributed by atoms with Crippen LogP contribution in [0.1, 0.15) is 72.0 Å². The van der Waals surface area contributed by atoms with Gasteiger partial charge in [-0.1, -0.05) is 29.5 Å². The highest BCUT2D eigenvalue weighted by Gasteiger charge is 2.48. The van der Waals surface area contributed by atoms with Gasteiger partial charge in [-0.2, -0.15) is 4.31 Å². The fourth-order valence-corrected chi connectivity index (χ4v) is 8.34. The summed E-state index contributed by atoms with van der Waals surface area (Å²) in [6.45, 7) is 10.5. The highest BCUT2D eigenvalue weighted by molar-refractivity contribution is 7.89. The van der Waals surface area contributed by atoms with Crippen molar-refractivity contribution in [2.45, 2.75) is 76.5 Å². The van der Waals surface area contributed by atoms with Crippen molar-refractivity contribution < 1.29 is 23.1 Å². The molecule has 1 spiro atoms. The molecule has 4 aromatic rings. The molecule has 4 heterocycles. The Kier molecular flexibility index (Phi) is 6.84. The number of rotatable bonds is 7. The van der Waals surface area contributed by atoms with E-state index in [1.165, 1.54) is 4.31 Å². The topological polar surface area (TPSA) is 140 Å². The van der Waals surface area contributed by atoms with Crippen LogP contribution in [0, 0.1) is 26.2 Å². The molecule has 12 heteroatoms. The molecule has 11 nitrogen and oxygen atoms in total. The van der Waals surface area contributed by atoms with Gasteiger partial charge < -0.3 is 15.2 Å². The monoisotopic (exact) mass is 630 g/mol. The number of carbonyl (C=O) groups is 1. The van der Waals surface area contributed by atoms with Gasteiger partial charge in [0.2, 0.25) is 15.9 Å². The second-order valence-corrected chi connectivity index (χ2v) is 15.4. The van der Waals surface area contributed by atoms with E-state index in [0.29, 0.717) is 19.1 Å². The van der Waals surface area contributed by atoms with Crippen LogP contribution in [0.4, 0.5) is 0 Å². The molecule has 2 aliphatic heterocycles. The van der Waals surface area contributed by atoms with Gasteiger partial charge in [0.1, 0.15) is 16.0 Å². The van der Waals surface area contributed by atoms with Crippen molar-refractivity contribution >= 4 is 27.0 Å². The third kappa shape index (κ3) is 4.90. The summed E-state index contributed by atoms with van der Waals surface area (Å²) in [6.07, 6.45) is 3.78. The Labute approximate surface area is 262 Å². The predicted molar refractivity (Wildman–Crippen MR) is 168 cm³/mol. The molecule has 0 unspecified atom stereocenters. The molecular formula is C33H38N6O5S. The SMILES string of the molecule is Cc1cnc2c(c1)S(=O)(=O)N(Cc1cc([C@@H](c3ccc4c(nnn4C4CC4)c3C)C(C)(C)C(=O)O)ccc1C)CC1(CNC1)O2. The van der Waals surface area contributed by atoms with Crippen molar-refractivity contribution in [3.05, 3.63) is 76.0 Å². The molecular weight excluding hydrogens is 592 g/mol. The minimum Gasteiger partial charge on any atom is -0.481 e. The van der Waals surface area contributed by atoms with Crippen LogP contribution in [0.3, 0.4) is 0 Å². The van der Waals surface area contributed by atoms with Gasteiger partial charge in [0.05, 0.1) is 23.5 Å². The van der Waals surface area contributed by atoms with E-state index in [1.807, 2.05) is 55.8 Å². The highest BCUT2D eigenvalue weighted by Crippen LogP contribution is 2.45. The number of nitrogens with one attached hydrogen (secondary N) is 1. The molecule has 2 aromatic carbocycles. The quantitative estimate of drug-likeness (QED) is 0.307. The van der Waals surface area contributed by atoms with E-state index in [-0.39, 0.29) is 23.9 Å². The first kappa shape index (κ1) is 29.8. The fraction of sp³-hybridized carbons (Fsp3) is 0.455. The second-order valence-electron chi connectivity index (χ2n) is 13.5. The fourth-order valence-electron chi connectivity index (χ4n) is 6.70. The van der Waals surface area contributed by atoms with Crippen molar-refractivity contribution in [3.63, 3.8) is 0 Å². The number of sulfonamides is 1. The van der Waals surface area contributed by atoms with E-state index < -0.39 is 32.9 Å². The molecule has 3 aliphatic rings. The average Bonchev–Trinajstić information content (AvgIpc) is 3.73. The molecule has 2 aromatic heterocycles. The van der Waals surface area contributed by atoms with Gasteiger partial charge in [0, 0.05) is 31.7 Å². The molecule has 2 N–H and O–H groups in total. The minimum atomic E-state index is -3.96. The number of fused-ring (bicyclic) bond motifs is 2. The Balaban J connectivity index is 1.32. The lowest BCUT2D eigenvalue weighted by Gasteiger charge is -2.42. The van der Waals surface area contributed by atoms with E-state index >= 15 is 0 Å². The number of hydrogen-bond acceptors (Lipinski definition) is 8. The van der Waals surface area contributed by atoms with E-state index in [4.69, 9.17) is 4.74 Å². The zero-order valence-corrected chi connectivity index (χ0v) is 27.0. The molecule has 1 aliphatic carbocycles. The van der Waals surface area contributed by atoms with Crippen LogP contribution in [0.25, 0.3) is 11.0 Å². The lowest BCUT2D eigenvalue weighted by Crippen LogP contribution is -2.67. The maximum absolute atomic E-state index is 14.1. The number of carboxylic acids is 1. The zero-order chi connectivity index (χ0) is 31.9. The third-order valence-electron chi connectivity index (χ3n) is 9.71. The first-order valence-electron chi connectivity index (χ1n) is 15.3. The van der Waals surface area contributed by atoms with Crippen molar-refractivity contribution in [3.8, 4) is 5.88 Å². The molecule has 1 saturated heterocycles. The number of benzene rings is 2. The van der Waals surface area contributed by atoms with Crippen LogP contribution in [-0.4, -0.2) is 69.0 Å². The third-order valence-corrected chi connectivity index (χ3v) is 11.5. The highest BCUT2D eigenvalue weighted by atomic mass is 32.2. The zero-order valence-electron chi connectivity index (χ0n) is 26.2. The van der Waals surface area contributed by atoms with Gasteiger partial charge in [-0.25, -0.2) is 18.1 Å². The Morgan fingerprint density at radius 3 is 2.58 bits per heavy atom. The van der Waals surface area contributed by atoms with Crippen LogP contribution in [-0.2, 0) is 21.4 Å². The number of carboxylic acid groups (broad SMARTS) is 1. The Bertz CT molecular complexity index is 1960. The number of aromatic nitrogens is 4. The summed E-state index contributed by atoms with van der Waals surface area (Å²) < 4.78 is 38.0. The van der Waals surface area contributed by atoms with Gasteiger partial charge >= 0.3 is 5.97 Å². The molecule has 1 atom stereocenters. The lowest BCUT2D eigenvalue weighted by molar-refractivity contribution is -0.147. The Hall–Kier alpha value is -3.87. The van der Waals surface area contributed by atoms with E-state index in [1.54, 1.807) is 26.1 Å². The molecule has 45 heavy (non-hydrogen) atoms. The summed E-state index contributed by atoms with van der Waals surface area (Å²) in [7, 11) is -3.96.